The molecule has 0 fully saturated rings. The van der Waals surface area contributed by atoms with Gasteiger partial charge in [-0.2, -0.15) is 0 Å². The summed E-state index contributed by atoms with van der Waals surface area (Å²) in [7, 11) is 0. The van der Waals surface area contributed by atoms with E-state index in [1.807, 2.05) is 44.2 Å². The van der Waals surface area contributed by atoms with E-state index in [-0.39, 0.29) is 17.5 Å². The molecule has 0 bridgehead atoms. The highest BCUT2D eigenvalue weighted by molar-refractivity contribution is 5.83. The predicted octanol–water partition coefficient (Wildman–Crippen LogP) is 4.52. The molecule has 3 rings (SSSR count). The molecular weight excluding hydrogens is 316 g/mol. The summed E-state index contributed by atoms with van der Waals surface area (Å²) in [6.45, 7) is 5.39. The maximum Gasteiger partial charge on any atom is 0.313 e. The monoisotopic (exact) mass is 336 g/mol. The summed E-state index contributed by atoms with van der Waals surface area (Å²) >= 11 is 0. The van der Waals surface area contributed by atoms with Crippen molar-refractivity contribution in [2.24, 2.45) is 0 Å². The number of carbonyl (C=O) groups excluding carboxylic acids is 1. The van der Waals surface area contributed by atoms with Crippen molar-refractivity contribution in [3.05, 3.63) is 70.4 Å². The third-order valence-electron chi connectivity index (χ3n) is 4.01. The molecule has 0 aliphatic rings. The van der Waals surface area contributed by atoms with E-state index < -0.39 is 5.92 Å². The first-order valence-electron chi connectivity index (χ1n) is 8.29. The highest BCUT2D eigenvalue weighted by atomic mass is 16.5. The Balaban J connectivity index is 2.01. The fourth-order valence-electron chi connectivity index (χ4n) is 2.66. The lowest BCUT2D eigenvalue weighted by atomic mass is 9.99. The maximum atomic E-state index is 12.5. The predicted molar refractivity (Wildman–Crippen MR) is 97.6 cm³/mol. The zero-order valence-corrected chi connectivity index (χ0v) is 14.5. The Hall–Kier alpha value is -2.88. The first-order valence-corrected chi connectivity index (χ1v) is 8.29. The van der Waals surface area contributed by atoms with E-state index in [9.17, 15) is 9.59 Å². The fraction of sp³-hybridized carbons (Fsp3) is 0.238. The van der Waals surface area contributed by atoms with E-state index in [0.717, 1.165) is 11.1 Å². The molecule has 0 aliphatic heterocycles. The van der Waals surface area contributed by atoms with E-state index in [4.69, 9.17) is 9.15 Å². The molecule has 128 valence electrons. The van der Waals surface area contributed by atoms with E-state index in [2.05, 4.69) is 0 Å². The van der Waals surface area contributed by atoms with Gasteiger partial charge in [-0.3, -0.25) is 9.59 Å². The molecule has 1 heterocycles. The molecule has 3 aromatic rings. The zero-order chi connectivity index (χ0) is 18.0. The smallest absolute Gasteiger partial charge is 0.313 e. The van der Waals surface area contributed by atoms with Gasteiger partial charge in [0.2, 0.25) is 0 Å². The Morgan fingerprint density at radius 1 is 1.00 bits per heavy atom. The van der Waals surface area contributed by atoms with Crippen LogP contribution in [-0.4, -0.2) is 12.1 Å². The second-order valence-electron chi connectivity index (χ2n) is 6.30. The van der Waals surface area contributed by atoms with Crippen LogP contribution in [0.15, 0.2) is 63.8 Å². The highest BCUT2D eigenvalue weighted by Gasteiger charge is 2.19. The molecule has 0 aliphatic carbocycles. The zero-order valence-electron chi connectivity index (χ0n) is 14.5. The molecule has 0 saturated heterocycles. The van der Waals surface area contributed by atoms with Gasteiger partial charge in [-0.1, -0.05) is 36.4 Å². The van der Waals surface area contributed by atoms with Crippen LogP contribution in [0.3, 0.4) is 0 Å². The van der Waals surface area contributed by atoms with Gasteiger partial charge in [0.25, 0.3) is 0 Å². The Labute approximate surface area is 146 Å². The van der Waals surface area contributed by atoms with Gasteiger partial charge in [-0.15, -0.1) is 0 Å². The molecule has 0 saturated carbocycles. The molecule has 2 aromatic carbocycles. The van der Waals surface area contributed by atoms with E-state index in [1.165, 1.54) is 6.07 Å². The van der Waals surface area contributed by atoms with Crippen molar-refractivity contribution in [2.75, 3.05) is 0 Å². The van der Waals surface area contributed by atoms with Crippen molar-refractivity contribution in [3.8, 4) is 11.3 Å². The molecule has 25 heavy (non-hydrogen) atoms. The van der Waals surface area contributed by atoms with Crippen LogP contribution in [0.2, 0.25) is 0 Å². The van der Waals surface area contributed by atoms with Crippen molar-refractivity contribution in [3.63, 3.8) is 0 Å². The third-order valence-corrected chi connectivity index (χ3v) is 4.01. The summed E-state index contributed by atoms with van der Waals surface area (Å²) < 4.78 is 11.1. The van der Waals surface area contributed by atoms with E-state index >= 15 is 0 Å². The van der Waals surface area contributed by atoms with Gasteiger partial charge in [-0.05, 0) is 38.5 Å². The molecule has 1 unspecified atom stereocenters. The number of hydrogen-bond donors (Lipinski definition) is 0. The van der Waals surface area contributed by atoms with Crippen molar-refractivity contribution in [1.29, 1.82) is 0 Å². The lowest BCUT2D eigenvalue weighted by molar-refractivity contribution is -0.148. The average Bonchev–Trinajstić information content (AvgIpc) is 2.61. The van der Waals surface area contributed by atoms with E-state index in [0.29, 0.717) is 16.7 Å². The lowest BCUT2D eigenvalue weighted by Gasteiger charge is -2.14. The first kappa shape index (κ1) is 17.0. The Bertz CT molecular complexity index is 955. The molecule has 0 spiro atoms. The van der Waals surface area contributed by atoms with Gasteiger partial charge in [-0.25, -0.2) is 0 Å². The van der Waals surface area contributed by atoms with Gasteiger partial charge in [0, 0.05) is 11.6 Å². The molecule has 0 radical (unpaired) electrons. The second kappa shape index (κ2) is 6.93. The summed E-state index contributed by atoms with van der Waals surface area (Å²) in [5.41, 5.74) is 1.95. The number of benzene rings is 2. The third kappa shape index (κ3) is 3.63. The number of esters is 1. The van der Waals surface area contributed by atoms with Gasteiger partial charge < -0.3 is 9.15 Å². The topological polar surface area (TPSA) is 56.5 Å². The number of rotatable bonds is 4. The van der Waals surface area contributed by atoms with Crippen molar-refractivity contribution < 1.29 is 13.9 Å². The number of fused-ring (bicyclic) bond motifs is 1. The second-order valence-corrected chi connectivity index (χ2v) is 6.30. The number of hydrogen-bond acceptors (Lipinski definition) is 4. The average molecular weight is 336 g/mol. The van der Waals surface area contributed by atoms with Crippen LogP contribution in [0, 0.1) is 0 Å². The molecule has 1 aromatic heterocycles. The molecular formula is C21H20O4. The fourth-order valence-corrected chi connectivity index (χ4v) is 2.66. The quantitative estimate of drug-likeness (QED) is 0.658. The molecule has 4 heteroatoms. The van der Waals surface area contributed by atoms with Gasteiger partial charge >= 0.3 is 5.97 Å². The van der Waals surface area contributed by atoms with Gasteiger partial charge in [0.05, 0.1) is 17.4 Å². The SMILES string of the molecule is CC(C)OC(=O)C(C)c1ccc2oc(-c3ccccc3)cc(=O)c2c1. The van der Waals surface area contributed by atoms with Crippen molar-refractivity contribution in [1.82, 2.24) is 0 Å². The van der Waals surface area contributed by atoms with Gasteiger partial charge in [0.15, 0.2) is 5.43 Å². The largest absolute Gasteiger partial charge is 0.463 e. The Morgan fingerprint density at radius 2 is 1.72 bits per heavy atom. The summed E-state index contributed by atoms with van der Waals surface area (Å²) in [4.78, 5) is 24.6. The summed E-state index contributed by atoms with van der Waals surface area (Å²) in [6, 6.07) is 16.2. The molecule has 0 N–H and O–H groups in total. The van der Waals surface area contributed by atoms with E-state index in [1.54, 1.807) is 25.1 Å². The minimum Gasteiger partial charge on any atom is -0.463 e. The van der Waals surface area contributed by atoms with Crippen LogP contribution in [0.5, 0.6) is 0 Å². The number of carbonyl (C=O) groups is 1. The first-order chi connectivity index (χ1) is 12.0. The lowest BCUT2D eigenvalue weighted by Crippen LogP contribution is -2.17. The minimum atomic E-state index is -0.444. The number of ether oxygens (including phenoxy) is 1. The molecule has 4 nitrogen and oxygen atoms in total. The van der Waals surface area contributed by atoms with Crippen molar-refractivity contribution >= 4 is 16.9 Å². The standard InChI is InChI=1S/C21H20O4/c1-13(2)24-21(23)14(3)16-9-10-19-17(11-16)18(22)12-20(25-19)15-7-5-4-6-8-15/h4-14H,1-3H3. The minimum absolute atomic E-state index is 0.133. The van der Waals surface area contributed by atoms with Crippen LogP contribution in [0.25, 0.3) is 22.3 Å². The van der Waals surface area contributed by atoms with Crippen LogP contribution in [0.1, 0.15) is 32.3 Å². The van der Waals surface area contributed by atoms with Crippen LogP contribution in [-0.2, 0) is 9.53 Å². The van der Waals surface area contributed by atoms with Crippen LogP contribution >= 0.6 is 0 Å². The summed E-state index contributed by atoms with van der Waals surface area (Å²) in [5.74, 6) is -0.224. The van der Waals surface area contributed by atoms with Crippen LogP contribution in [0.4, 0.5) is 0 Å². The van der Waals surface area contributed by atoms with Crippen molar-refractivity contribution in [2.45, 2.75) is 32.8 Å². The molecule has 0 amide bonds. The summed E-state index contributed by atoms with van der Waals surface area (Å²) in [5, 5.41) is 0.460. The maximum absolute atomic E-state index is 12.5. The highest BCUT2D eigenvalue weighted by Crippen LogP contribution is 2.25. The van der Waals surface area contributed by atoms with Gasteiger partial charge in [0.1, 0.15) is 11.3 Å². The Kier molecular flexibility index (Phi) is 4.70. The normalized spacial score (nSPS) is 12.3. The molecule has 1 atom stereocenters. The Morgan fingerprint density at radius 3 is 2.40 bits per heavy atom. The summed E-state index contributed by atoms with van der Waals surface area (Å²) in [6.07, 6.45) is -0.172. The van der Waals surface area contributed by atoms with Crippen LogP contribution < -0.4 is 5.43 Å².